The fourth-order valence-corrected chi connectivity index (χ4v) is 10.9. The van der Waals surface area contributed by atoms with Crippen molar-refractivity contribution < 1.29 is 0 Å². The zero-order valence-electron chi connectivity index (χ0n) is 11.8. The van der Waals surface area contributed by atoms with Crippen molar-refractivity contribution in [3.8, 4) is 0 Å². The van der Waals surface area contributed by atoms with Crippen LogP contribution in [0.5, 0.6) is 0 Å². The fourth-order valence-electron chi connectivity index (χ4n) is 2.44. The second-order valence-corrected chi connectivity index (χ2v) is 12.9. The van der Waals surface area contributed by atoms with Crippen LogP contribution in [-0.2, 0) is 8.87 Å². The van der Waals surface area contributed by atoms with E-state index in [9.17, 15) is 0 Å². The Balaban J connectivity index is 1.99. The van der Waals surface area contributed by atoms with Crippen molar-refractivity contribution >= 4 is 19.8 Å². The molecule has 0 radical (unpaired) electrons. The number of rotatable bonds is 7. The molecule has 98 valence electrons. The quantitative estimate of drug-likeness (QED) is 0.621. The molecule has 0 heterocycles. The fraction of sp³-hybridized carbons (Fsp3) is 0.333. The van der Waals surface area contributed by atoms with E-state index < -0.39 is 19.8 Å². The van der Waals surface area contributed by atoms with Crippen LogP contribution < -0.4 is 0 Å². The van der Waals surface area contributed by atoms with Gasteiger partial charge in [-0.1, -0.05) is 0 Å². The van der Waals surface area contributed by atoms with Gasteiger partial charge in [0, 0.05) is 0 Å². The van der Waals surface area contributed by atoms with Crippen molar-refractivity contribution in [1.29, 1.82) is 0 Å². The van der Waals surface area contributed by atoms with Crippen molar-refractivity contribution in [2.45, 2.75) is 33.1 Å². The van der Waals surface area contributed by atoms with Gasteiger partial charge in [0.2, 0.25) is 0 Å². The Morgan fingerprint density at radius 1 is 0.737 bits per heavy atom. The molecule has 2 aromatic carbocycles. The summed E-state index contributed by atoms with van der Waals surface area (Å²) >= 11 is -1.32. The Labute approximate surface area is 124 Å². The van der Waals surface area contributed by atoms with E-state index in [-0.39, 0.29) is 0 Å². The summed E-state index contributed by atoms with van der Waals surface area (Å²) in [4.78, 5) is 0. The molecule has 2 aromatic rings. The van der Waals surface area contributed by atoms with Gasteiger partial charge in [0.1, 0.15) is 0 Å². The maximum atomic E-state index is 2.31. The van der Waals surface area contributed by atoms with Crippen LogP contribution in [0, 0.1) is 0 Å². The standard InChI is InChI=1S/2C7H7.C4H9.Sn/c2*1-7-5-3-2-4-6-7;1-3-4-2;/h2*2-6H,1H2;1,3-4H2,2H3;/q;;;+1. The SMILES string of the molecule is CCC[CH2][Sn+]([CH2]c1ccccc1)[CH2]c1ccccc1. The molecule has 0 atom stereocenters. The Kier molecular flexibility index (Phi) is 6.49. The first-order valence-electron chi connectivity index (χ1n) is 7.30. The molecule has 0 aliphatic carbocycles. The molecule has 2 rings (SSSR count). The van der Waals surface area contributed by atoms with Crippen LogP contribution in [0.2, 0.25) is 4.44 Å². The van der Waals surface area contributed by atoms with Crippen molar-refractivity contribution in [3.63, 3.8) is 0 Å². The van der Waals surface area contributed by atoms with Crippen molar-refractivity contribution in [2.24, 2.45) is 0 Å². The molecule has 1 heteroatoms. The molecule has 0 aromatic heterocycles. The molecule has 0 bridgehead atoms. The first kappa shape index (κ1) is 14.6. The van der Waals surface area contributed by atoms with E-state index in [4.69, 9.17) is 0 Å². The summed E-state index contributed by atoms with van der Waals surface area (Å²) in [5.41, 5.74) is 3.12. The van der Waals surface area contributed by atoms with Gasteiger partial charge in [0.15, 0.2) is 0 Å². The maximum absolute atomic E-state index is 2.31. The van der Waals surface area contributed by atoms with E-state index in [0.717, 1.165) is 0 Å². The molecule has 0 fully saturated rings. The third-order valence-corrected chi connectivity index (χ3v) is 11.7. The minimum atomic E-state index is -1.32. The average molecular weight is 358 g/mol. The summed E-state index contributed by atoms with van der Waals surface area (Å²) in [6.45, 7) is 2.31. The normalized spacial score (nSPS) is 10.4. The molecule has 0 aliphatic rings. The Hall–Kier alpha value is -0.761. The van der Waals surface area contributed by atoms with Crippen molar-refractivity contribution in [1.82, 2.24) is 0 Å². The molecule has 0 N–H and O–H groups in total. The van der Waals surface area contributed by atoms with Gasteiger partial charge in [-0.05, 0) is 0 Å². The van der Waals surface area contributed by atoms with Gasteiger partial charge in [-0.15, -0.1) is 0 Å². The van der Waals surface area contributed by atoms with E-state index >= 15 is 0 Å². The second kappa shape index (κ2) is 8.42. The third-order valence-electron chi connectivity index (χ3n) is 3.48. The number of hydrogen-bond donors (Lipinski definition) is 0. The van der Waals surface area contributed by atoms with E-state index in [2.05, 4.69) is 67.6 Å². The molecule has 0 amide bonds. The predicted molar refractivity (Wildman–Crippen MR) is 85.8 cm³/mol. The van der Waals surface area contributed by atoms with E-state index in [1.807, 2.05) is 0 Å². The van der Waals surface area contributed by atoms with E-state index in [1.54, 1.807) is 11.1 Å². The Morgan fingerprint density at radius 2 is 1.21 bits per heavy atom. The van der Waals surface area contributed by atoms with Gasteiger partial charge in [-0.3, -0.25) is 0 Å². The predicted octanol–water partition coefficient (Wildman–Crippen LogP) is 4.85. The first-order chi connectivity index (χ1) is 9.38. The summed E-state index contributed by atoms with van der Waals surface area (Å²) in [7, 11) is 0. The monoisotopic (exact) mass is 359 g/mol. The molecule has 0 unspecified atom stereocenters. The van der Waals surface area contributed by atoms with Crippen molar-refractivity contribution in [2.75, 3.05) is 0 Å². The van der Waals surface area contributed by atoms with Crippen LogP contribution in [0.25, 0.3) is 0 Å². The van der Waals surface area contributed by atoms with Crippen LogP contribution in [0.4, 0.5) is 0 Å². The van der Waals surface area contributed by atoms with Gasteiger partial charge in [-0.25, -0.2) is 0 Å². The summed E-state index contributed by atoms with van der Waals surface area (Å²) in [5, 5.41) is 0. The van der Waals surface area contributed by atoms with Crippen molar-refractivity contribution in [3.05, 3.63) is 71.8 Å². The van der Waals surface area contributed by atoms with Crippen LogP contribution in [0.3, 0.4) is 0 Å². The summed E-state index contributed by atoms with van der Waals surface area (Å²) in [6.07, 6.45) is 2.77. The van der Waals surface area contributed by atoms with Gasteiger partial charge in [0.05, 0.1) is 0 Å². The third kappa shape index (κ3) is 5.40. The zero-order chi connectivity index (χ0) is 13.3. The topological polar surface area (TPSA) is 0 Å². The van der Waals surface area contributed by atoms with Crippen LogP contribution in [0.15, 0.2) is 60.7 Å². The van der Waals surface area contributed by atoms with Gasteiger partial charge >= 0.3 is 125 Å². The van der Waals surface area contributed by atoms with Crippen LogP contribution in [-0.4, -0.2) is 19.8 Å². The number of hydrogen-bond acceptors (Lipinski definition) is 0. The second-order valence-electron chi connectivity index (χ2n) is 5.18. The molecule has 0 nitrogen and oxygen atoms in total. The van der Waals surface area contributed by atoms with Crippen LogP contribution >= 0.6 is 0 Å². The number of benzene rings is 2. The molecule has 0 spiro atoms. The summed E-state index contributed by atoms with van der Waals surface area (Å²) in [5.74, 6) is 0. The van der Waals surface area contributed by atoms with Gasteiger partial charge < -0.3 is 0 Å². The molecule has 19 heavy (non-hydrogen) atoms. The Morgan fingerprint density at radius 3 is 1.63 bits per heavy atom. The molecule has 0 aliphatic heterocycles. The minimum absolute atomic E-state index is 1.32. The van der Waals surface area contributed by atoms with Gasteiger partial charge in [-0.2, -0.15) is 0 Å². The van der Waals surface area contributed by atoms with E-state index in [1.165, 1.54) is 26.2 Å². The average Bonchev–Trinajstić information content (AvgIpc) is 2.47. The van der Waals surface area contributed by atoms with E-state index in [0.29, 0.717) is 0 Å². The molecule has 0 saturated carbocycles. The molecular weight excluding hydrogens is 335 g/mol. The van der Waals surface area contributed by atoms with Crippen LogP contribution in [0.1, 0.15) is 30.9 Å². The zero-order valence-corrected chi connectivity index (χ0v) is 14.7. The Bertz CT molecular complexity index is 408. The summed E-state index contributed by atoms with van der Waals surface area (Å²) < 4.78 is 4.33. The molecule has 0 saturated heterocycles. The molecular formula is C18H23Sn+. The van der Waals surface area contributed by atoms with Gasteiger partial charge in [0.25, 0.3) is 0 Å². The number of unbranched alkanes of at least 4 members (excludes halogenated alkanes) is 1. The first-order valence-corrected chi connectivity index (χ1v) is 13.4. The summed E-state index contributed by atoms with van der Waals surface area (Å²) in [6, 6.07) is 22.2.